The Hall–Kier alpha value is -2.23. The summed E-state index contributed by atoms with van der Waals surface area (Å²) in [5, 5.41) is 11.4. The van der Waals surface area contributed by atoms with E-state index in [-0.39, 0.29) is 11.1 Å². The molecule has 1 saturated heterocycles. The molecule has 1 aliphatic rings. The van der Waals surface area contributed by atoms with Gasteiger partial charge in [-0.25, -0.2) is 9.78 Å². The lowest BCUT2D eigenvalue weighted by Crippen LogP contribution is -2.17. The van der Waals surface area contributed by atoms with Gasteiger partial charge in [-0.2, -0.15) is 8.42 Å². The van der Waals surface area contributed by atoms with E-state index in [0.717, 1.165) is 19.4 Å². The van der Waals surface area contributed by atoms with Crippen LogP contribution < -0.4 is 5.32 Å². The van der Waals surface area contributed by atoms with Gasteiger partial charge in [0.15, 0.2) is 0 Å². The second-order valence-corrected chi connectivity index (χ2v) is 7.05. The average Bonchev–Trinajstić information content (AvgIpc) is 3.18. The number of carboxylic acids is 1. The topological polar surface area (TPSA) is 122 Å². The molecule has 1 aromatic heterocycles. The zero-order valence-electron chi connectivity index (χ0n) is 14.0. The highest BCUT2D eigenvalue weighted by Gasteiger charge is 2.27. The molecule has 0 radical (unpaired) electrons. The van der Waals surface area contributed by atoms with Crippen molar-refractivity contribution in [2.24, 2.45) is 7.05 Å². The highest BCUT2D eigenvalue weighted by molar-refractivity contribution is 7.85. The number of aromatic carboxylic acids is 1. The smallest absolute Gasteiger partial charge is 0.335 e. The van der Waals surface area contributed by atoms with Gasteiger partial charge in [0, 0.05) is 7.05 Å². The second-order valence-electron chi connectivity index (χ2n) is 5.71. The highest BCUT2D eigenvalue weighted by Crippen LogP contribution is 2.25. The van der Waals surface area contributed by atoms with E-state index >= 15 is 0 Å². The molecule has 0 bridgehead atoms. The summed E-state index contributed by atoms with van der Waals surface area (Å²) in [4.78, 5) is 14.2. The van der Waals surface area contributed by atoms with Crippen LogP contribution in [0.15, 0.2) is 35.4 Å². The Morgan fingerprint density at radius 1 is 1.32 bits per heavy atom. The summed E-state index contributed by atoms with van der Waals surface area (Å²) >= 11 is 0. The lowest BCUT2D eigenvalue weighted by Gasteiger charge is -2.09. The van der Waals surface area contributed by atoms with Crippen LogP contribution in [0.5, 0.6) is 0 Å². The zero-order chi connectivity index (χ0) is 18.6. The SMILES string of the molecule is Cc1c(S(=O)(=O)O)nc([C@@H]2CCCN2)n1C.O=C(O)c1ccccc1. The Labute approximate surface area is 146 Å². The van der Waals surface area contributed by atoms with E-state index in [9.17, 15) is 13.2 Å². The van der Waals surface area contributed by atoms with E-state index in [2.05, 4.69) is 10.3 Å². The first-order valence-electron chi connectivity index (χ1n) is 7.74. The van der Waals surface area contributed by atoms with Gasteiger partial charge in [-0.15, -0.1) is 0 Å². The fourth-order valence-corrected chi connectivity index (χ4v) is 3.34. The van der Waals surface area contributed by atoms with Crippen molar-refractivity contribution < 1.29 is 22.9 Å². The Morgan fingerprint density at radius 2 is 1.96 bits per heavy atom. The Balaban J connectivity index is 0.000000212. The molecule has 0 saturated carbocycles. The molecule has 0 amide bonds. The van der Waals surface area contributed by atoms with Crippen molar-refractivity contribution in [2.75, 3.05) is 6.54 Å². The van der Waals surface area contributed by atoms with Gasteiger partial charge in [0.2, 0.25) is 5.03 Å². The van der Waals surface area contributed by atoms with E-state index in [0.29, 0.717) is 17.1 Å². The normalized spacial score (nSPS) is 17.0. The van der Waals surface area contributed by atoms with Crippen molar-refractivity contribution >= 4 is 16.1 Å². The van der Waals surface area contributed by atoms with Crippen LogP contribution in [0, 0.1) is 6.92 Å². The number of nitrogens with zero attached hydrogens (tertiary/aromatic N) is 2. The first-order chi connectivity index (χ1) is 11.7. The highest BCUT2D eigenvalue weighted by atomic mass is 32.2. The quantitative estimate of drug-likeness (QED) is 0.707. The average molecular weight is 367 g/mol. The van der Waals surface area contributed by atoms with Crippen LogP contribution in [0.4, 0.5) is 0 Å². The van der Waals surface area contributed by atoms with Gasteiger partial charge in [0.05, 0.1) is 17.3 Å². The van der Waals surface area contributed by atoms with Crippen molar-refractivity contribution in [3.63, 3.8) is 0 Å². The van der Waals surface area contributed by atoms with E-state index in [1.54, 1.807) is 48.9 Å². The molecule has 1 fully saturated rings. The van der Waals surface area contributed by atoms with Gasteiger partial charge in [0.1, 0.15) is 5.82 Å². The minimum atomic E-state index is -4.22. The fraction of sp³-hybridized carbons (Fsp3) is 0.375. The number of nitrogens with one attached hydrogen (secondary N) is 1. The van der Waals surface area contributed by atoms with Crippen LogP contribution >= 0.6 is 0 Å². The predicted octanol–water partition coefficient (Wildman–Crippen LogP) is 1.78. The molecule has 9 heteroatoms. The van der Waals surface area contributed by atoms with E-state index < -0.39 is 16.1 Å². The largest absolute Gasteiger partial charge is 0.478 e. The Kier molecular flexibility index (Phi) is 5.93. The molecule has 0 aliphatic carbocycles. The first-order valence-corrected chi connectivity index (χ1v) is 9.18. The van der Waals surface area contributed by atoms with Crippen LogP contribution in [-0.2, 0) is 17.2 Å². The number of imidazole rings is 1. The third-order valence-electron chi connectivity index (χ3n) is 4.01. The molecule has 136 valence electrons. The summed E-state index contributed by atoms with van der Waals surface area (Å²) in [7, 11) is -2.47. The number of aromatic nitrogens is 2. The lowest BCUT2D eigenvalue weighted by molar-refractivity contribution is 0.0697. The molecular weight excluding hydrogens is 346 g/mol. The van der Waals surface area contributed by atoms with Gasteiger partial charge in [-0.1, -0.05) is 18.2 Å². The van der Waals surface area contributed by atoms with Crippen LogP contribution in [0.25, 0.3) is 0 Å². The maximum Gasteiger partial charge on any atom is 0.335 e. The van der Waals surface area contributed by atoms with Gasteiger partial charge in [-0.05, 0) is 38.4 Å². The Bertz CT molecular complexity index is 840. The number of benzene rings is 1. The molecule has 1 aliphatic heterocycles. The van der Waals surface area contributed by atoms with Gasteiger partial charge >= 0.3 is 16.1 Å². The molecule has 2 aromatic rings. The van der Waals surface area contributed by atoms with Crippen LogP contribution in [0.3, 0.4) is 0 Å². The van der Waals surface area contributed by atoms with Gasteiger partial charge in [0.25, 0.3) is 0 Å². The molecule has 2 heterocycles. The summed E-state index contributed by atoms with van der Waals surface area (Å²) in [5.74, 6) is -0.210. The minimum Gasteiger partial charge on any atom is -0.478 e. The summed E-state index contributed by atoms with van der Waals surface area (Å²) in [6.07, 6.45) is 1.99. The maximum atomic E-state index is 11.1. The Morgan fingerprint density at radius 3 is 2.36 bits per heavy atom. The van der Waals surface area contributed by atoms with E-state index in [1.165, 1.54) is 0 Å². The summed E-state index contributed by atoms with van der Waals surface area (Å²) in [5.41, 5.74) is 0.795. The third-order valence-corrected chi connectivity index (χ3v) is 4.88. The van der Waals surface area contributed by atoms with Crippen molar-refractivity contribution in [1.29, 1.82) is 0 Å². The van der Waals surface area contributed by atoms with Crippen molar-refractivity contribution in [1.82, 2.24) is 14.9 Å². The number of hydrogen-bond donors (Lipinski definition) is 3. The predicted molar refractivity (Wildman–Crippen MR) is 91.1 cm³/mol. The molecule has 0 spiro atoms. The summed E-state index contributed by atoms with van der Waals surface area (Å²) in [6.45, 7) is 2.55. The molecule has 3 N–H and O–H groups in total. The molecule has 25 heavy (non-hydrogen) atoms. The van der Waals surface area contributed by atoms with Crippen LogP contribution in [0.1, 0.15) is 40.8 Å². The first kappa shape index (κ1) is 19.1. The molecular formula is C16H21N3O5S. The van der Waals surface area contributed by atoms with E-state index in [1.807, 2.05) is 0 Å². The molecule has 1 aromatic carbocycles. The molecule has 8 nitrogen and oxygen atoms in total. The van der Waals surface area contributed by atoms with E-state index in [4.69, 9.17) is 9.66 Å². The third kappa shape index (κ3) is 4.65. The number of hydrogen-bond acceptors (Lipinski definition) is 5. The standard InChI is InChI=1S/C9H15N3O3S.C7H6O2/c1-6-9(16(13,14)15)11-8(12(6)2)7-4-3-5-10-7;8-7(9)6-4-2-1-3-5-6/h7,10H,3-5H2,1-2H3,(H,13,14,15);1-5H,(H,8,9)/t7-;/m0./s1. The van der Waals surface area contributed by atoms with Crippen LogP contribution in [-0.4, -0.2) is 40.1 Å². The maximum absolute atomic E-state index is 11.1. The van der Waals surface area contributed by atoms with Crippen molar-refractivity contribution in [3.05, 3.63) is 47.4 Å². The fourth-order valence-electron chi connectivity index (χ4n) is 2.62. The van der Waals surface area contributed by atoms with Crippen molar-refractivity contribution in [3.8, 4) is 0 Å². The minimum absolute atomic E-state index is 0.0826. The lowest BCUT2D eigenvalue weighted by atomic mass is 10.2. The molecule has 0 unspecified atom stereocenters. The molecule has 3 rings (SSSR count). The van der Waals surface area contributed by atoms with Gasteiger partial charge < -0.3 is 15.0 Å². The zero-order valence-corrected chi connectivity index (χ0v) is 14.8. The monoisotopic (exact) mass is 367 g/mol. The number of carboxylic acid groups (broad SMARTS) is 1. The number of rotatable bonds is 3. The molecule has 1 atom stereocenters. The second kappa shape index (κ2) is 7.77. The van der Waals surface area contributed by atoms with Crippen LogP contribution in [0.2, 0.25) is 0 Å². The summed E-state index contributed by atoms with van der Waals surface area (Å²) < 4.78 is 32.9. The number of carbonyl (C=O) groups is 1. The van der Waals surface area contributed by atoms with Gasteiger partial charge in [-0.3, -0.25) is 4.55 Å². The summed E-state index contributed by atoms with van der Waals surface area (Å²) in [6, 6.07) is 8.38. The van der Waals surface area contributed by atoms with Crippen molar-refractivity contribution in [2.45, 2.75) is 30.8 Å².